The Bertz CT molecular complexity index is 387. The second-order valence-electron chi connectivity index (χ2n) is 3.91. The quantitative estimate of drug-likeness (QED) is 0.752. The number of nitrogens with zero attached hydrogens (tertiary/aromatic N) is 1. The molecule has 0 aromatic heterocycles. The van der Waals surface area contributed by atoms with Crippen LogP contribution < -0.4 is 5.73 Å². The maximum atomic E-state index is 11.4. The SMILES string of the molecule is CCN1Cc2ccc(C(=O)CN)cc2C1. The van der Waals surface area contributed by atoms with Crippen molar-refractivity contribution in [2.45, 2.75) is 20.0 Å². The average molecular weight is 204 g/mol. The topological polar surface area (TPSA) is 46.3 Å². The molecule has 3 nitrogen and oxygen atoms in total. The van der Waals surface area contributed by atoms with Crippen LogP contribution in [0.25, 0.3) is 0 Å². The number of hydrogen-bond donors (Lipinski definition) is 1. The van der Waals surface area contributed by atoms with Crippen LogP contribution >= 0.6 is 0 Å². The van der Waals surface area contributed by atoms with E-state index in [0.29, 0.717) is 0 Å². The molecular weight excluding hydrogens is 188 g/mol. The summed E-state index contributed by atoms with van der Waals surface area (Å²) in [6.07, 6.45) is 0. The normalized spacial score (nSPS) is 15.3. The molecule has 2 rings (SSSR count). The number of carbonyl (C=O) groups is 1. The molecule has 80 valence electrons. The first-order valence-corrected chi connectivity index (χ1v) is 5.32. The fraction of sp³-hybridized carbons (Fsp3) is 0.417. The minimum atomic E-state index is 0.0211. The number of ketones is 1. The van der Waals surface area contributed by atoms with Gasteiger partial charge >= 0.3 is 0 Å². The number of nitrogens with two attached hydrogens (primary N) is 1. The van der Waals surface area contributed by atoms with E-state index in [1.54, 1.807) is 0 Å². The van der Waals surface area contributed by atoms with Crippen molar-refractivity contribution in [2.75, 3.05) is 13.1 Å². The van der Waals surface area contributed by atoms with E-state index in [0.717, 1.165) is 25.2 Å². The van der Waals surface area contributed by atoms with Gasteiger partial charge in [-0.15, -0.1) is 0 Å². The van der Waals surface area contributed by atoms with Gasteiger partial charge in [-0.2, -0.15) is 0 Å². The van der Waals surface area contributed by atoms with Crippen LogP contribution in [0.15, 0.2) is 18.2 Å². The number of rotatable bonds is 3. The smallest absolute Gasteiger partial charge is 0.176 e. The van der Waals surface area contributed by atoms with Crippen LogP contribution in [0.1, 0.15) is 28.4 Å². The van der Waals surface area contributed by atoms with Gasteiger partial charge in [0, 0.05) is 18.7 Å². The Kier molecular flexibility index (Phi) is 2.84. The number of benzene rings is 1. The summed E-state index contributed by atoms with van der Waals surface area (Å²) in [6.45, 7) is 5.25. The minimum Gasteiger partial charge on any atom is -0.324 e. The Morgan fingerprint density at radius 3 is 2.80 bits per heavy atom. The van der Waals surface area contributed by atoms with Crippen molar-refractivity contribution in [3.63, 3.8) is 0 Å². The van der Waals surface area contributed by atoms with Crippen LogP contribution in [0.2, 0.25) is 0 Å². The molecule has 0 radical (unpaired) electrons. The highest BCUT2D eigenvalue weighted by Crippen LogP contribution is 2.23. The van der Waals surface area contributed by atoms with E-state index in [1.807, 2.05) is 18.2 Å². The van der Waals surface area contributed by atoms with Crippen molar-refractivity contribution in [3.8, 4) is 0 Å². The van der Waals surface area contributed by atoms with E-state index < -0.39 is 0 Å². The highest BCUT2D eigenvalue weighted by molar-refractivity contribution is 5.97. The number of carbonyl (C=O) groups excluding carboxylic acids is 1. The standard InChI is InChI=1S/C12H16N2O/c1-2-14-7-10-4-3-9(12(15)6-13)5-11(10)8-14/h3-5H,2,6-8,13H2,1H3. The molecule has 1 aromatic rings. The van der Waals surface area contributed by atoms with Crippen LogP contribution in [-0.4, -0.2) is 23.8 Å². The first-order chi connectivity index (χ1) is 7.24. The summed E-state index contributed by atoms with van der Waals surface area (Å²) in [4.78, 5) is 13.8. The van der Waals surface area contributed by atoms with Crippen molar-refractivity contribution in [1.29, 1.82) is 0 Å². The van der Waals surface area contributed by atoms with Crippen molar-refractivity contribution in [1.82, 2.24) is 4.90 Å². The first kappa shape index (κ1) is 10.3. The molecule has 15 heavy (non-hydrogen) atoms. The molecule has 3 heteroatoms. The van der Waals surface area contributed by atoms with Crippen LogP contribution in [0.3, 0.4) is 0 Å². The molecule has 1 aromatic carbocycles. The lowest BCUT2D eigenvalue weighted by Crippen LogP contribution is -2.14. The summed E-state index contributed by atoms with van der Waals surface area (Å²) in [5, 5.41) is 0. The van der Waals surface area contributed by atoms with Crippen molar-refractivity contribution in [3.05, 3.63) is 34.9 Å². The summed E-state index contributed by atoms with van der Waals surface area (Å²) in [7, 11) is 0. The predicted octanol–water partition coefficient (Wildman–Crippen LogP) is 1.16. The molecular formula is C12H16N2O. The van der Waals surface area contributed by atoms with Gasteiger partial charge in [-0.05, 0) is 23.7 Å². The summed E-state index contributed by atoms with van der Waals surface area (Å²) < 4.78 is 0. The monoisotopic (exact) mass is 204 g/mol. The molecule has 0 bridgehead atoms. The van der Waals surface area contributed by atoms with E-state index in [9.17, 15) is 4.79 Å². The minimum absolute atomic E-state index is 0.0211. The zero-order valence-electron chi connectivity index (χ0n) is 8.99. The van der Waals surface area contributed by atoms with Gasteiger partial charge in [-0.25, -0.2) is 0 Å². The van der Waals surface area contributed by atoms with Crippen molar-refractivity contribution < 1.29 is 4.79 Å². The number of hydrogen-bond acceptors (Lipinski definition) is 3. The maximum Gasteiger partial charge on any atom is 0.176 e. The van der Waals surface area contributed by atoms with E-state index in [4.69, 9.17) is 5.73 Å². The zero-order chi connectivity index (χ0) is 10.8. The van der Waals surface area contributed by atoms with Gasteiger partial charge in [-0.3, -0.25) is 9.69 Å². The molecule has 0 spiro atoms. The molecule has 1 heterocycles. The van der Waals surface area contributed by atoms with E-state index in [1.165, 1.54) is 11.1 Å². The Hall–Kier alpha value is -1.19. The first-order valence-electron chi connectivity index (χ1n) is 5.32. The van der Waals surface area contributed by atoms with E-state index >= 15 is 0 Å². The Balaban J connectivity index is 2.26. The molecule has 2 N–H and O–H groups in total. The fourth-order valence-electron chi connectivity index (χ4n) is 1.98. The van der Waals surface area contributed by atoms with Crippen LogP contribution in [0.5, 0.6) is 0 Å². The lowest BCUT2D eigenvalue weighted by molar-refractivity contribution is 0.100. The number of fused-ring (bicyclic) bond motifs is 1. The molecule has 0 amide bonds. The van der Waals surface area contributed by atoms with E-state index in [-0.39, 0.29) is 12.3 Å². The average Bonchev–Trinajstić information content (AvgIpc) is 2.69. The summed E-state index contributed by atoms with van der Waals surface area (Å²) >= 11 is 0. The molecule has 0 atom stereocenters. The van der Waals surface area contributed by atoms with Crippen LogP contribution in [0.4, 0.5) is 0 Å². The van der Waals surface area contributed by atoms with Gasteiger partial charge in [0.2, 0.25) is 0 Å². The lowest BCUT2D eigenvalue weighted by atomic mass is 10.0. The highest BCUT2D eigenvalue weighted by atomic mass is 16.1. The fourth-order valence-corrected chi connectivity index (χ4v) is 1.98. The van der Waals surface area contributed by atoms with Gasteiger partial charge in [0.05, 0.1) is 6.54 Å². The largest absolute Gasteiger partial charge is 0.324 e. The van der Waals surface area contributed by atoms with E-state index in [2.05, 4.69) is 11.8 Å². The second-order valence-corrected chi connectivity index (χ2v) is 3.91. The summed E-state index contributed by atoms with van der Waals surface area (Å²) in [5.74, 6) is 0.0211. The Labute approximate surface area is 89.9 Å². The van der Waals surface area contributed by atoms with Gasteiger partial charge in [0.15, 0.2) is 5.78 Å². The third-order valence-electron chi connectivity index (χ3n) is 2.95. The third kappa shape index (κ3) is 1.94. The van der Waals surface area contributed by atoms with Crippen LogP contribution in [-0.2, 0) is 13.1 Å². The van der Waals surface area contributed by atoms with Crippen LogP contribution in [0, 0.1) is 0 Å². The highest BCUT2D eigenvalue weighted by Gasteiger charge is 2.18. The number of Topliss-reactive ketones (excluding diaryl/α,β-unsaturated/α-hetero) is 1. The van der Waals surface area contributed by atoms with Crippen molar-refractivity contribution in [2.24, 2.45) is 5.73 Å². The lowest BCUT2D eigenvalue weighted by Gasteiger charge is -2.09. The zero-order valence-corrected chi connectivity index (χ0v) is 8.99. The molecule has 0 aliphatic carbocycles. The van der Waals surface area contributed by atoms with Gasteiger partial charge in [0.1, 0.15) is 0 Å². The maximum absolute atomic E-state index is 11.4. The molecule has 1 aliphatic heterocycles. The molecule has 0 unspecified atom stereocenters. The molecule has 1 aliphatic rings. The van der Waals surface area contributed by atoms with Gasteiger partial charge in [0.25, 0.3) is 0 Å². The predicted molar refractivity (Wildman–Crippen MR) is 59.6 cm³/mol. The molecule has 0 saturated carbocycles. The van der Waals surface area contributed by atoms with Gasteiger partial charge < -0.3 is 5.73 Å². The summed E-state index contributed by atoms with van der Waals surface area (Å²) in [5.41, 5.74) is 8.70. The molecule has 0 saturated heterocycles. The third-order valence-corrected chi connectivity index (χ3v) is 2.95. The Morgan fingerprint density at radius 1 is 1.40 bits per heavy atom. The van der Waals surface area contributed by atoms with Crippen molar-refractivity contribution >= 4 is 5.78 Å². The summed E-state index contributed by atoms with van der Waals surface area (Å²) in [6, 6.07) is 5.92. The van der Waals surface area contributed by atoms with Gasteiger partial charge in [-0.1, -0.05) is 19.1 Å². The second kappa shape index (κ2) is 4.13. The molecule has 0 fully saturated rings. The Morgan fingerprint density at radius 2 is 2.13 bits per heavy atom.